The maximum absolute atomic E-state index is 6.26. The van der Waals surface area contributed by atoms with Crippen LogP contribution in [0.1, 0.15) is 32.1 Å². The van der Waals surface area contributed by atoms with Crippen LogP contribution in [0.5, 0.6) is 0 Å². The molecule has 1 radical (unpaired) electrons. The van der Waals surface area contributed by atoms with E-state index in [-0.39, 0.29) is 5.54 Å². The quantitative estimate of drug-likeness (QED) is 0.627. The Hall–Kier alpha value is -0.760. The van der Waals surface area contributed by atoms with Gasteiger partial charge in [-0.25, -0.2) is 0 Å². The van der Waals surface area contributed by atoms with Gasteiger partial charge in [0.2, 0.25) is 0 Å². The van der Waals surface area contributed by atoms with Gasteiger partial charge >= 0.3 is 0 Å². The topological polar surface area (TPSA) is 40.1 Å². The Kier molecular flexibility index (Phi) is 1.93. The molecule has 0 aromatic rings. The van der Waals surface area contributed by atoms with Gasteiger partial charge in [0.05, 0.1) is 11.2 Å². The van der Waals surface area contributed by atoms with Gasteiger partial charge in [-0.3, -0.25) is 5.32 Å². The highest BCUT2D eigenvalue weighted by Crippen LogP contribution is 2.32. The van der Waals surface area contributed by atoms with E-state index in [0.29, 0.717) is 0 Å². The number of nitrogens with zero attached hydrogens (tertiary/aromatic N) is 1. The monoisotopic (exact) mass is 163 g/mol. The number of nitrogens with two attached hydrogens (primary N) is 1. The molecule has 12 heavy (non-hydrogen) atoms. The predicted molar refractivity (Wildman–Crippen MR) is 49.4 cm³/mol. The van der Waals surface area contributed by atoms with E-state index in [4.69, 9.17) is 5.73 Å². The molecule has 0 spiro atoms. The molecular weight excluding hydrogens is 148 g/mol. The predicted octanol–water partition coefficient (Wildman–Crippen LogP) is 1.66. The van der Waals surface area contributed by atoms with Crippen LogP contribution in [0.3, 0.4) is 0 Å². The molecule has 0 aromatic carbocycles. The maximum Gasteiger partial charge on any atom is 0.0602 e. The fourth-order valence-electron chi connectivity index (χ4n) is 2.03. The van der Waals surface area contributed by atoms with Gasteiger partial charge in [0.25, 0.3) is 0 Å². The summed E-state index contributed by atoms with van der Waals surface area (Å²) in [5.74, 6) is 0. The van der Waals surface area contributed by atoms with Gasteiger partial charge in [-0.05, 0) is 25.0 Å². The molecule has 0 saturated heterocycles. The first-order valence-corrected chi connectivity index (χ1v) is 4.68. The van der Waals surface area contributed by atoms with Crippen LogP contribution in [-0.4, -0.2) is 5.54 Å². The summed E-state index contributed by atoms with van der Waals surface area (Å²) in [6, 6.07) is 0. The van der Waals surface area contributed by atoms with E-state index >= 15 is 0 Å². The van der Waals surface area contributed by atoms with Gasteiger partial charge in [0.1, 0.15) is 0 Å². The Morgan fingerprint density at radius 1 is 1.25 bits per heavy atom. The van der Waals surface area contributed by atoms with Crippen LogP contribution in [0.25, 0.3) is 0 Å². The van der Waals surface area contributed by atoms with Crippen molar-refractivity contribution in [1.82, 2.24) is 5.32 Å². The lowest BCUT2D eigenvalue weighted by Crippen LogP contribution is -2.45. The van der Waals surface area contributed by atoms with Crippen molar-refractivity contribution in [3.8, 4) is 0 Å². The Balaban J connectivity index is 2.08. The first-order valence-electron chi connectivity index (χ1n) is 4.68. The van der Waals surface area contributed by atoms with Crippen LogP contribution in [0, 0.1) is 0 Å². The summed E-state index contributed by atoms with van der Waals surface area (Å²) < 4.78 is 0. The Morgan fingerprint density at radius 2 is 2.00 bits per heavy atom. The van der Waals surface area contributed by atoms with E-state index in [0.717, 1.165) is 18.5 Å². The highest BCUT2D eigenvalue weighted by molar-refractivity contribution is 5.29. The summed E-state index contributed by atoms with van der Waals surface area (Å²) in [6.07, 6.45) is 11.9. The van der Waals surface area contributed by atoms with Crippen LogP contribution in [-0.2, 0) is 0 Å². The fourth-order valence-corrected chi connectivity index (χ4v) is 2.03. The molecule has 2 aliphatic rings. The molecule has 2 rings (SSSR count). The summed E-state index contributed by atoms with van der Waals surface area (Å²) in [7, 11) is 0. The zero-order valence-electron chi connectivity index (χ0n) is 7.29. The van der Waals surface area contributed by atoms with E-state index in [1.165, 1.54) is 19.3 Å². The number of rotatable bonds is 1. The molecule has 2 heteroatoms. The van der Waals surface area contributed by atoms with Crippen molar-refractivity contribution in [2.24, 2.45) is 5.73 Å². The van der Waals surface area contributed by atoms with E-state index in [2.05, 4.69) is 5.32 Å². The van der Waals surface area contributed by atoms with E-state index in [1.54, 1.807) is 0 Å². The van der Waals surface area contributed by atoms with Gasteiger partial charge in [-0.15, -0.1) is 0 Å². The summed E-state index contributed by atoms with van der Waals surface area (Å²) in [5.41, 5.74) is 7.24. The lowest BCUT2D eigenvalue weighted by atomic mass is 9.80. The Labute approximate surface area is 73.5 Å². The summed E-state index contributed by atoms with van der Waals surface area (Å²) >= 11 is 0. The standard InChI is InChI=1S/C10H15N2/c11-10(6-2-1-3-7-10)9-5-4-8-12-9/h4-5,8H,1-3,6-7,11H2. The number of allylic oxidation sites excluding steroid dienone is 2. The zero-order chi connectivity index (χ0) is 8.44. The van der Waals surface area contributed by atoms with Crippen molar-refractivity contribution >= 4 is 0 Å². The van der Waals surface area contributed by atoms with Crippen LogP contribution < -0.4 is 11.1 Å². The molecule has 1 fully saturated rings. The van der Waals surface area contributed by atoms with Gasteiger partial charge < -0.3 is 5.73 Å². The van der Waals surface area contributed by atoms with Crippen molar-refractivity contribution in [3.63, 3.8) is 0 Å². The first kappa shape index (κ1) is 7.87. The largest absolute Gasteiger partial charge is 0.320 e. The van der Waals surface area contributed by atoms with Gasteiger partial charge in [0, 0.05) is 6.20 Å². The molecule has 1 aliphatic carbocycles. The summed E-state index contributed by atoms with van der Waals surface area (Å²) in [5, 5.41) is 4.29. The first-order chi connectivity index (χ1) is 5.81. The second-order valence-corrected chi connectivity index (χ2v) is 3.74. The Bertz CT molecular complexity index is 222. The van der Waals surface area contributed by atoms with Crippen LogP contribution in [0.2, 0.25) is 0 Å². The molecule has 1 aliphatic heterocycles. The van der Waals surface area contributed by atoms with Gasteiger partial charge in [-0.2, -0.15) is 0 Å². The van der Waals surface area contributed by atoms with Crippen LogP contribution >= 0.6 is 0 Å². The van der Waals surface area contributed by atoms with Crippen LogP contribution in [0.4, 0.5) is 0 Å². The molecular formula is C10H15N2. The molecule has 65 valence electrons. The minimum Gasteiger partial charge on any atom is -0.320 e. The molecule has 2 N–H and O–H groups in total. The number of hydrogen-bond donors (Lipinski definition) is 1. The van der Waals surface area contributed by atoms with Crippen molar-refractivity contribution in [2.45, 2.75) is 37.6 Å². The second kappa shape index (κ2) is 2.94. The minimum absolute atomic E-state index is 0.109. The van der Waals surface area contributed by atoms with E-state index < -0.39 is 0 Å². The van der Waals surface area contributed by atoms with Crippen molar-refractivity contribution in [1.29, 1.82) is 0 Å². The average molecular weight is 163 g/mol. The molecule has 2 nitrogen and oxygen atoms in total. The molecule has 0 atom stereocenters. The van der Waals surface area contributed by atoms with Crippen LogP contribution in [0.15, 0.2) is 24.0 Å². The number of hydrogen-bond acceptors (Lipinski definition) is 1. The molecule has 0 amide bonds. The van der Waals surface area contributed by atoms with Gasteiger partial charge in [0.15, 0.2) is 0 Å². The van der Waals surface area contributed by atoms with Crippen molar-refractivity contribution < 1.29 is 0 Å². The second-order valence-electron chi connectivity index (χ2n) is 3.74. The highest BCUT2D eigenvalue weighted by atomic mass is 15.0. The van der Waals surface area contributed by atoms with Gasteiger partial charge in [-0.1, -0.05) is 19.3 Å². The van der Waals surface area contributed by atoms with Crippen molar-refractivity contribution in [2.75, 3.05) is 0 Å². The molecule has 0 unspecified atom stereocenters. The Morgan fingerprint density at radius 3 is 2.58 bits per heavy atom. The summed E-state index contributed by atoms with van der Waals surface area (Å²) in [6.45, 7) is 0. The zero-order valence-corrected chi connectivity index (χ0v) is 7.29. The molecule has 1 saturated carbocycles. The summed E-state index contributed by atoms with van der Waals surface area (Å²) in [4.78, 5) is 0. The van der Waals surface area contributed by atoms with Crippen molar-refractivity contribution in [3.05, 3.63) is 24.0 Å². The molecule has 1 heterocycles. The normalized spacial score (nSPS) is 26.6. The van der Waals surface area contributed by atoms with E-state index in [1.807, 2.05) is 18.4 Å². The smallest absolute Gasteiger partial charge is 0.0602 e. The third-order valence-corrected chi connectivity index (χ3v) is 2.81. The molecule has 0 bridgehead atoms. The third kappa shape index (κ3) is 1.27. The fraction of sp³-hybridized carbons (Fsp3) is 0.600. The average Bonchev–Trinajstić information content (AvgIpc) is 2.58. The maximum atomic E-state index is 6.26. The molecule has 0 aromatic heterocycles. The SMILES string of the molecule is NC1(C2=CC=C[N]2)CCCCC1. The third-order valence-electron chi connectivity index (χ3n) is 2.81. The highest BCUT2D eigenvalue weighted by Gasteiger charge is 2.32. The lowest BCUT2D eigenvalue weighted by Gasteiger charge is -2.33. The lowest BCUT2D eigenvalue weighted by molar-refractivity contribution is 0.332. The van der Waals surface area contributed by atoms with E-state index in [9.17, 15) is 0 Å². The minimum atomic E-state index is -0.109.